The summed E-state index contributed by atoms with van der Waals surface area (Å²) < 4.78 is 6.86. The quantitative estimate of drug-likeness (QED) is 0.911. The van der Waals surface area contributed by atoms with Crippen molar-refractivity contribution < 1.29 is 4.74 Å². The van der Waals surface area contributed by atoms with Crippen molar-refractivity contribution in [3.05, 3.63) is 57.8 Å². The van der Waals surface area contributed by atoms with Crippen LogP contribution < -0.4 is 15.7 Å². The number of hydrogen-bond donors (Lipinski definition) is 1. The molecular formula is C16H21N3O2. The first-order chi connectivity index (χ1) is 10.0. The largest absolute Gasteiger partial charge is 0.497 e. The molecule has 2 aromatic rings. The average molecular weight is 287 g/mol. The standard InChI is InChI=1S/C16H21N3O2/c1-11-9-12(2)19(16(20)18-11)10-15(17-3)13-5-7-14(21-4)8-6-13/h5-9,15,17H,10H2,1-4H3. The van der Waals surface area contributed by atoms with Crippen LogP contribution in [-0.4, -0.2) is 23.7 Å². The van der Waals surface area contributed by atoms with E-state index in [2.05, 4.69) is 10.3 Å². The third kappa shape index (κ3) is 3.49. The van der Waals surface area contributed by atoms with E-state index in [-0.39, 0.29) is 11.7 Å². The maximum absolute atomic E-state index is 12.0. The highest BCUT2D eigenvalue weighted by molar-refractivity contribution is 5.29. The minimum Gasteiger partial charge on any atom is -0.497 e. The summed E-state index contributed by atoms with van der Waals surface area (Å²) in [5, 5.41) is 3.25. The van der Waals surface area contributed by atoms with Crippen molar-refractivity contribution in [3.8, 4) is 5.75 Å². The fourth-order valence-corrected chi connectivity index (χ4v) is 2.38. The zero-order chi connectivity index (χ0) is 15.4. The van der Waals surface area contributed by atoms with Crippen LogP contribution in [0.25, 0.3) is 0 Å². The molecule has 0 aliphatic rings. The van der Waals surface area contributed by atoms with Gasteiger partial charge in [0.15, 0.2) is 0 Å². The lowest BCUT2D eigenvalue weighted by molar-refractivity contribution is 0.414. The fourth-order valence-electron chi connectivity index (χ4n) is 2.38. The number of ether oxygens (including phenoxy) is 1. The molecule has 0 saturated heterocycles. The predicted octanol–water partition coefficient (Wildman–Crippen LogP) is 1.83. The van der Waals surface area contributed by atoms with Crippen molar-refractivity contribution in [1.82, 2.24) is 14.9 Å². The summed E-state index contributed by atoms with van der Waals surface area (Å²) >= 11 is 0. The van der Waals surface area contributed by atoms with Gasteiger partial charge in [-0.25, -0.2) is 4.79 Å². The molecule has 1 atom stereocenters. The smallest absolute Gasteiger partial charge is 0.348 e. The second kappa shape index (κ2) is 6.54. The number of nitrogens with zero attached hydrogens (tertiary/aromatic N) is 2. The molecule has 21 heavy (non-hydrogen) atoms. The van der Waals surface area contributed by atoms with Gasteiger partial charge in [-0.05, 0) is 44.7 Å². The molecular weight excluding hydrogens is 266 g/mol. The van der Waals surface area contributed by atoms with Crippen LogP contribution in [0.15, 0.2) is 35.1 Å². The Balaban J connectivity index is 2.28. The number of benzene rings is 1. The van der Waals surface area contributed by atoms with E-state index >= 15 is 0 Å². The van der Waals surface area contributed by atoms with Crippen molar-refractivity contribution in [1.29, 1.82) is 0 Å². The Morgan fingerprint density at radius 2 is 1.95 bits per heavy atom. The van der Waals surface area contributed by atoms with Gasteiger partial charge in [0.1, 0.15) is 5.75 Å². The lowest BCUT2D eigenvalue weighted by Gasteiger charge is -2.19. The summed E-state index contributed by atoms with van der Waals surface area (Å²) in [6.45, 7) is 4.30. The molecule has 0 amide bonds. The second-order valence-electron chi connectivity index (χ2n) is 5.05. The highest BCUT2D eigenvalue weighted by atomic mass is 16.5. The van der Waals surface area contributed by atoms with Gasteiger partial charge in [-0.1, -0.05) is 12.1 Å². The third-order valence-electron chi connectivity index (χ3n) is 3.58. The second-order valence-corrected chi connectivity index (χ2v) is 5.05. The molecule has 1 aromatic heterocycles. The third-order valence-corrected chi connectivity index (χ3v) is 3.58. The SMILES string of the molecule is CNC(Cn1c(C)cc(C)nc1=O)c1ccc(OC)cc1. The molecule has 0 fully saturated rings. The van der Waals surface area contributed by atoms with Gasteiger partial charge in [0.05, 0.1) is 13.2 Å². The van der Waals surface area contributed by atoms with Gasteiger partial charge in [-0.2, -0.15) is 4.98 Å². The normalized spacial score (nSPS) is 12.2. The lowest BCUT2D eigenvalue weighted by atomic mass is 10.1. The van der Waals surface area contributed by atoms with Crippen LogP contribution in [0.2, 0.25) is 0 Å². The topological polar surface area (TPSA) is 56.2 Å². The first kappa shape index (κ1) is 15.3. The molecule has 0 radical (unpaired) electrons. The van der Waals surface area contributed by atoms with Gasteiger partial charge >= 0.3 is 5.69 Å². The van der Waals surface area contributed by atoms with E-state index in [1.165, 1.54) is 0 Å². The van der Waals surface area contributed by atoms with Crippen LogP contribution in [-0.2, 0) is 6.54 Å². The molecule has 0 saturated carbocycles. The maximum atomic E-state index is 12.0. The molecule has 1 aromatic carbocycles. The van der Waals surface area contributed by atoms with E-state index in [9.17, 15) is 4.79 Å². The Morgan fingerprint density at radius 1 is 1.29 bits per heavy atom. The van der Waals surface area contributed by atoms with Gasteiger partial charge in [0, 0.05) is 17.9 Å². The molecule has 2 rings (SSSR count). The zero-order valence-electron chi connectivity index (χ0n) is 12.9. The van der Waals surface area contributed by atoms with Gasteiger partial charge in [-0.15, -0.1) is 0 Å². The van der Waals surface area contributed by atoms with E-state index in [0.29, 0.717) is 6.54 Å². The predicted molar refractivity (Wildman–Crippen MR) is 82.8 cm³/mol. The Kier molecular flexibility index (Phi) is 4.75. The number of aryl methyl sites for hydroxylation is 2. The van der Waals surface area contributed by atoms with Gasteiger partial charge in [-0.3, -0.25) is 4.57 Å². The fraction of sp³-hybridized carbons (Fsp3) is 0.375. The van der Waals surface area contributed by atoms with Crippen LogP contribution in [0.1, 0.15) is 23.0 Å². The van der Waals surface area contributed by atoms with Crippen LogP contribution in [0, 0.1) is 13.8 Å². The van der Waals surface area contributed by atoms with Crippen molar-refractivity contribution in [2.45, 2.75) is 26.4 Å². The van der Waals surface area contributed by atoms with E-state index < -0.39 is 0 Å². The first-order valence-corrected chi connectivity index (χ1v) is 6.91. The van der Waals surface area contributed by atoms with E-state index in [0.717, 1.165) is 22.7 Å². The summed E-state index contributed by atoms with van der Waals surface area (Å²) in [6.07, 6.45) is 0. The summed E-state index contributed by atoms with van der Waals surface area (Å²) in [4.78, 5) is 16.1. The highest BCUT2D eigenvalue weighted by Crippen LogP contribution is 2.19. The average Bonchev–Trinajstić information content (AvgIpc) is 2.47. The van der Waals surface area contributed by atoms with Crippen molar-refractivity contribution >= 4 is 0 Å². The minimum absolute atomic E-state index is 0.0387. The van der Waals surface area contributed by atoms with Crippen molar-refractivity contribution in [2.75, 3.05) is 14.2 Å². The van der Waals surface area contributed by atoms with Gasteiger partial charge in [0.2, 0.25) is 0 Å². The number of hydrogen-bond acceptors (Lipinski definition) is 4. The van der Waals surface area contributed by atoms with E-state index in [1.54, 1.807) is 11.7 Å². The molecule has 1 heterocycles. The van der Waals surface area contributed by atoms with Crippen LogP contribution in [0.5, 0.6) is 5.75 Å². The number of methoxy groups -OCH3 is 1. The summed E-state index contributed by atoms with van der Waals surface area (Å²) in [6, 6.07) is 9.80. The summed E-state index contributed by atoms with van der Waals surface area (Å²) in [7, 11) is 3.53. The van der Waals surface area contributed by atoms with Crippen molar-refractivity contribution in [2.24, 2.45) is 0 Å². The number of likely N-dealkylation sites (N-methyl/N-ethyl adjacent to an activating group) is 1. The first-order valence-electron chi connectivity index (χ1n) is 6.91. The number of nitrogens with one attached hydrogen (secondary N) is 1. The van der Waals surface area contributed by atoms with E-state index in [1.807, 2.05) is 51.2 Å². The maximum Gasteiger partial charge on any atom is 0.348 e. The Labute approximate surface area is 124 Å². The molecule has 5 heteroatoms. The molecule has 0 aliphatic carbocycles. The van der Waals surface area contributed by atoms with E-state index in [4.69, 9.17) is 4.74 Å². The van der Waals surface area contributed by atoms with Crippen LogP contribution >= 0.6 is 0 Å². The highest BCUT2D eigenvalue weighted by Gasteiger charge is 2.13. The molecule has 1 N–H and O–H groups in total. The lowest BCUT2D eigenvalue weighted by Crippen LogP contribution is -2.31. The van der Waals surface area contributed by atoms with Crippen molar-refractivity contribution in [3.63, 3.8) is 0 Å². The molecule has 0 aliphatic heterocycles. The van der Waals surface area contributed by atoms with Gasteiger partial charge < -0.3 is 10.1 Å². The molecule has 1 unspecified atom stereocenters. The van der Waals surface area contributed by atoms with Gasteiger partial charge in [0.25, 0.3) is 0 Å². The molecule has 5 nitrogen and oxygen atoms in total. The minimum atomic E-state index is -0.207. The molecule has 112 valence electrons. The Bertz CT molecular complexity index is 662. The molecule has 0 bridgehead atoms. The number of aromatic nitrogens is 2. The number of rotatable bonds is 5. The monoisotopic (exact) mass is 287 g/mol. The zero-order valence-corrected chi connectivity index (χ0v) is 12.9. The summed E-state index contributed by atoms with van der Waals surface area (Å²) in [5.74, 6) is 0.818. The molecule has 0 spiro atoms. The van der Waals surface area contributed by atoms with Crippen LogP contribution in [0.3, 0.4) is 0 Å². The van der Waals surface area contributed by atoms with Crippen LogP contribution in [0.4, 0.5) is 0 Å². The Hall–Kier alpha value is -2.14. The summed E-state index contributed by atoms with van der Waals surface area (Å²) in [5.41, 5.74) is 2.56. The Morgan fingerprint density at radius 3 is 2.48 bits per heavy atom.